The second-order valence-electron chi connectivity index (χ2n) is 5.46. The Labute approximate surface area is 132 Å². The van der Waals surface area contributed by atoms with Gasteiger partial charge in [0.15, 0.2) is 0 Å². The fourth-order valence-corrected chi connectivity index (χ4v) is 2.97. The van der Waals surface area contributed by atoms with E-state index >= 15 is 0 Å². The van der Waals surface area contributed by atoms with Crippen LogP contribution in [-0.2, 0) is 20.1 Å². The molecule has 0 saturated carbocycles. The van der Waals surface area contributed by atoms with Crippen molar-refractivity contribution in [1.82, 2.24) is 14.7 Å². The van der Waals surface area contributed by atoms with Gasteiger partial charge >= 0.3 is 0 Å². The molecule has 1 heterocycles. The highest BCUT2D eigenvalue weighted by Gasteiger charge is 2.10. The Morgan fingerprint density at radius 3 is 2.43 bits per heavy atom. The van der Waals surface area contributed by atoms with Crippen LogP contribution in [-0.4, -0.2) is 27.5 Å². The molecule has 0 unspecified atom stereocenters. The summed E-state index contributed by atoms with van der Waals surface area (Å²) < 4.78 is 1.99. The van der Waals surface area contributed by atoms with E-state index in [4.69, 9.17) is 0 Å². The average molecular weight is 303 g/mol. The zero-order valence-electron chi connectivity index (χ0n) is 13.5. The summed E-state index contributed by atoms with van der Waals surface area (Å²) in [6.45, 7) is 7.34. The number of nitrogens with zero attached hydrogens (tertiary/aromatic N) is 3. The Kier molecular flexibility index (Phi) is 5.88. The lowest BCUT2D eigenvalue weighted by Gasteiger charge is -2.22. The highest BCUT2D eigenvalue weighted by atomic mass is 32.2. The van der Waals surface area contributed by atoms with Gasteiger partial charge in [0.2, 0.25) is 0 Å². The van der Waals surface area contributed by atoms with E-state index in [-0.39, 0.29) is 0 Å². The van der Waals surface area contributed by atoms with Crippen LogP contribution in [0.2, 0.25) is 0 Å². The first-order valence-electron chi connectivity index (χ1n) is 7.47. The first kappa shape index (κ1) is 16.1. The molecule has 2 aromatic rings. The molecule has 0 radical (unpaired) electrons. The van der Waals surface area contributed by atoms with Gasteiger partial charge < -0.3 is 0 Å². The molecule has 4 heteroatoms. The molecule has 0 spiro atoms. The van der Waals surface area contributed by atoms with Gasteiger partial charge in [-0.3, -0.25) is 9.58 Å². The minimum Gasteiger partial charge on any atom is -0.293 e. The number of aryl methyl sites for hydroxylation is 2. The third kappa shape index (κ3) is 4.61. The molecule has 0 fully saturated rings. The van der Waals surface area contributed by atoms with Crippen LogP contribution in [0.25, 0.3) is 0 Å². The molecule has 0 atom stereocenters. The third-order valence-electron chi connectivity index (χ3n) is 3.59. The quantitative estimate of drug-likeness (QED) is 0.725. The summed E-state index contributed by atoms with van der Waals surface area (Å²) in [4.78, 5) is 3.81. The molecule has 21 heavy (non-hydrogen) atoms. The zero-order chi connectivity index (χ0) is 15.2. The van der Waals surface area contributed by atoms with Crippen LogP contribution >= 0.6 is 11.8 Å². The smallest absolute Gasteiger partial charge is 0.0597 e. The van der Waals surface area contributed by atoms with Crippen LogP contribution in [0.5, 0.6) is 0 Å². The van der Waals surface area contributed by atoms with Crippen molar-refractivity contribution in [2.24, 2.45) is 7.05 Å². The summed E-state index contributed by atoms with van der Waals surface area (Å²) in [5, 5.41) is 4.44. The monoisotopic (exact) mass is 303 g/mol. The number of benzene rings is 1. The molecule has 1 aromatic carbocycles. The van der Waals surface area contributed by atoms with E-state index in [1.54, 1.807) is 11.8 Å². The predicted octanol–water partition coefficient (Wildman–Crippen LogP) is 3.86. The van der Waals surface area contributed by atoms with E-state index in [2.05, 4.69) is 60.4 Å². The molecule has 0 bridgehead atoms. The van der Waals surface area contributed by atoms with Crippen LogP contribution in [0, 0.1) is 6.92 Å². The molecule has 2 rings (SSSR count). The van der Waals surface area contributed by atoms with E-state index in [0.29, 0.717) is 0 Å². The summed E-state index contributed by atoms with van der Waals surface area (Å²) in [6, 6.07) is 11.1. The van der Waals surface area contributed by atoms with Crippen LogP contribution in [0.15, 0.2) is 35.2 Å². The van der Waals surface area contributed by atoms with E-state index in [1.807, 2.05) is 11.7 Å². The van der Waals surface area contributed by atoms with Crippen molar-refractivity contribution in [1.29, 1.82) is 0 Å². The predicted molar refractivity (Wildman–Crippen MR) is 90.6 cm³/mol. The zero-order valence-corrected chi connectivity index (χ0v) is 14.3. The number of thioether (sulfide) groups is 1. The molecule has 0 aliphatic carbocycles. The number of hydrogen-bond acceptors (Lipinski definition) is 3. The molecule has 0 aliphatic rings. The summed E-state index contributed by atoms with van der Waals surface area (Å²) >= 11 is 1.79. The van der Waals surface area contributed by atoms with E-state index < -0.39 is 0 Å². The lowest BCUT2D eigenvalue weighted by molar-refractivity contribution is 0.250. The molecule has 1 aromatic heterocycles. The van der Waals surface area contributed by atoms with Crippen molar-refractivity contribution in [3.8, 4) is 0 Å². The van der Waals surface area contributed by atoms with E-state index in [0.717, 1.165) is 25.3 Å². The standard InChI is InChI=1S/C17H25N3S/c1-5-10-20(13-16-11-14(2)18-19(16)3)12-15-6-8-17(21-4)9-7-15/h6-9,11H,5,10,12-13H2,1-4H3. The van der Waals surface area contributed by atoms with Crippen LogP contribution in [0.3, 0.4) is 0 Å². The van der Waals surface area contributed by atoms with Gasteiger partial charge in [-0.15, -0.1) is 11.8 Å². The maximum atomic E-state index is 4.44. The third-order valence-corrected chi connectivity index (χ3v) is 4.33. The van der Waals surface area contributed by atoms with Gasteiger partial charge in [0, 0.05) is 25.0 Å². The van der Waals surface area contributed by atoms with Crippen LogP contribution in [0.1, 0.15) is 30.3 Å². The lowest BCUT2D eigenvalue weighted by Crippen LogP contribution is -2.24. The minimum atomic E-state index is 0.954. The summed E-state index contributed by atoms with van der Waals surface area (Å²) in [5.74, 6) is 0. The Morgan fingerprint density at radius 2 is 1.90 bits per heavy atom. The Hall–Kier alpha value is -1.26. The van der Waals surface area contributed by atoms with Crippen molar-refractivity contribution in [3.05, 3.63) is 47.3 Å². The fraction of sp³-hybridized carbons (Fsp3) is 0.471. The van der Waals surface area contributed by atoms with Crippen molar-refractivity contribution in [3.63, 3.8) is 0 Å². The van der Waals surface area contributed by atoms with Crippen molar-refractivity contribution in [2.45, 2.75) is 38.3 Å². The SMILES string of the molecule is CCCN(Cc1ccc(SC)cc1)Cc1cc(C)nn1C. The van der Waals surface area contributed by atoms with Gasteiger partial charge in [0.25, 0.3) is 0 Å². The molecular formula is C17H25N3S. The highest BCUT2D eigenvalue weighted by molar-refractivity contribution is 7.98. The Bertz CT molecular complexity index is 560. The second kappa shape index (κ2) is 7.66. The maximum absolute atomic E-state index is 4.44. The molecule has 114 valence electrons. The topological polar surface area (TPSA) is 21.1 Å². The highest BCUT2D eigenvalue weighted by Crippen LogP contribution is 2.17. The normalized spacial score (nSPS) is 11.3. The van der Waals surface area contributed by atoms with Gasteiger partial charge in [-0.1, -0.05) is 19.1 Å². The van der Waals surface area contributed by atoms with Crippen molar-refractivity contribution < 1.29 is 0 Å². The molecule has 0 saturated heterocycles. The number of rotatable bonds is 7. The van der Waals surface area contributed by atoms with Gasteiger partial charge in [-0.2, -0.15) is 5.10 Å². The number of aromatic nitrogens is 2. The molecule has 3 nitrogen and oxygen atoms in total. The summed E-state index contributed by atoms with van der Waals surface area (Å²) in [5.41, 5.74) is 3.75. The molecule has 0 N–H and O–H groups in total. The Balaban J connectivity index is 2.05. The molecular weight excluding hydrogens is 278 g/mol. The summed E-state index contributed by atoms with van der Waals surface area (Å²) in [6.07, 6.45) is 3.28. The maximum Gasteiger partial charge on any atom is 0.0597 e. The summed E-state index contributed by atoms with van der Waals surface area (Å²) in [7, 11) is 2.03. The largest absolute Gasteiger partial charge is 0.293 e. The lowest BCUT2D eigenvalue weighted by atomic mass is 10.2. The van der Waals surface area contributed by atoms with Gasteiger partial charge in [-0.05, 0) is 49.9 Å². The molecule has 0 amide bonds. The number of hydrogen-bond donors (Lipinski definition) is 0. The van der Waals surface area contributed by atoms with Gasteiger partial charge in [0.1, 0.15) is 0 Å². The minimum absolute atomic E-state index is 0.954. The average Bonchev–Trinajstić information content (AvgIpc) is 2.78. The van der Waals surface area contributed by atoms with Crippen LogP contribution < -0.4 is 0 Å². The van der Waals surface area contributed by atoms with Gasteiger partial charge in [0.05, 0.1) is 11.4 Å². The fourth-order valence-electron chi connectivity index (χ4n) is 2.56. The first-order valence-corrected chi connectivity index (χ1v) is 8.69. The first-order chi connectivity index (χ1) is 10.1. The van der Waals surface area contributed by atoms with Crippen molar-refractivity contribution in [2.75, 3.05) is 12.8 Å². The second-order valence-corrected chi connectivity index (χ2v) is 6.34. The Morgan fingerprint density at radius 1 is 1.19 bits per heavy atom. The van der Waals surface area contributed by atoms with Crippen molar-refractivity contribution >= 4 is 11.8 Å². The van der Waals surface area contributed by atoms with Crippen LogP contribution in [0.4, 0.5) is 0 Å². The van der Waals surface area contributed by atoms with Gasteiger partial charge in [-0.25, -0.2) is 0 Å². The van der Waals surface area contributed by atoms with E-state index in [9.17, 15) is 0 Å². The molecule has 0 aliphatic heterocycles. The van der Waals surface area contributed by atoms with E-state index in [1.165, 1.54) is 22.6 Å².